The number of benzene rings is 2. The summed E-state index contributed by atoms with van der Waals surface area (Å²) in [6.07, 6.45) is 1.33. The van der Waals surface area contributed by atoms with Crippen molar-refractivity contribution in [3.8, 4) is 23.0 Å². The van der Waals surface area contributed by atoms with Crippen LogP contribution in [0.4, 0.5) is 5.69 Å². The quantitative estimate of drug-likeness (QED) is 0.574. The molecule has 0 atom stereocenters. The Labute approximate surface area is 135 Å². The number of carbonyl (C=O) groups excluding carboxylic acids is 1. The van der Waals surface area contributed by atoms with Crippen LogP contribution in [0.3, 0.4) is 0 Å². The van der Waals surface area contributed by atoms with E-state index in [2.05, 4.69) is 0 Å². The highest BCUT2D eigenvalue weighted by Crippen LogP contribution is 2.37. The molecule has 0 bridgehead atoms. The number of phenols is 1. The van der Waals surface area contributed by atoms with Crippen LogP contribution in [0.25, 0.3) is 6.08 Å². The van der Waals surface area contributed by atoms with E-state index < -0.39 is 17.2 Å². The molecule has 3 N–H and O–H groups in total. The molecule has 0 fully saturated rings. The number of hydrogen-bond acceptors (Lipinski definition) is 8. The number of phenolic OH excluding ortho intramolecular Hbond substituents is 1. The van der Waals surface area contributed by atoms with Gasteiger partial charge in [-0.3, -0.25) is 15.2 Å². The van der Waals surface area contributed by atoms with Crippen LogP contribution in [0.15, 0.2) is 36.1 Å². The van der Waals surface area contributed by atoms with E-state index >= 15 is 0 Å². The maximum atomic E-state index is 12.3. The molecule has 8 nitrogen and oxygen atoms in total. The molecular weight excluding hydrogens is 318 g/mol. The molecular formula is C16H12NO7-. The first-order chi connectivity index (χ1) is 11.4. The van der Waals surface area contributed by atoms with Crippen molar-refractivity contribution in [1.82, 2.24) is 0 Å². The molecule has 8 heteroatoms. The lowest BCUT2D eigenvalue weighted by molar-refractivity contribution is -0.270. The SMILES string of the molecule is COc1cc(C=C2Oc3cc(O)ccc3C2=O)cc(N(O)O)c1[O-]. The topological polar surface area (TPSA) is 123 Å². The van der Waals surface area contributed by atoms with Gasteiger partial charge in [-0.1, -0.05) is 0 Å². The Morgan fingerprint density at radius 3 is 2.67 bits per heavy atom. The van der Waals surface area contributed by atoms with Gasteiger partial charge in [0.05, 0.1) is 18.4 Å². The third-order valence-corrected chi connectivity index (χ3v) is 3.44. The van der Waals surface area contributed by atoms with Crippen LogP contribution in [-0.2, 0) is 0 Å². The number of methoxy groups -OCH3 is 1. The molecule has 0 aromatic heterocycles. The summed E-state index contributed by atoms with van der Waals surface area (Å²) in [5, 5.41) is 39.2. The molecule has 0 radical (unpaired) electrons. The van der Waals surface area contributed by atoms with Gasteiger partial charge in [-0.05, 0) is 41.7 Å². The summed E-state index contributed by atoms with van der Waals surface area (Å²) in [7, 11) is 1.26. The lowest BCUT2D eigenvalue weighted by Crippen LogP contribution is -2.14. The fourth-order valence-corrected chi connectivity index (χ4v) is 2.32. The maximum Gasteiger partial charge on any atom is 0.231 e. The number of hydrogen-bond donors (Lipinski definition) is 3. The summed E-state index contributed by atoms with van der Waals surface area (Å²) in [5.41, 5.74) is 0.134. The molecule has 0 amide bonds. The third kappa shape index (κ3) is 2.60. The Bertz CT molecular complexity index is 858. The summed E-state index contributed by atoms with van der Waals surface area (Å²) in [6.45, 7) is 0. The Kier molecular flexibility index (Phi) is 3.76. The molecule has 1 heterocycles. The van der Waals surface area contributed by atoms with Crippen molar-refractivity contribution in [2.45, 2.75) is 0 Å². The normalized spacial score (nSPS) is 14.5. The van der Waals surface area contributed by atoms with Gasteiger partial charge in [-0.15, -0.1) is 5.23 Å². The van der Waals surface area contributed by atoms with Crippen molar-refractivity contribution in [1.29, 1.82) is 0 Å². The van der Waals surface area contributed by atoms with Crippen molar-refractivity contribution in [3.63, 3.8) is 0 Å². The number of anilines is 1. The number of rotatable bonds is 3. The average Bonchev–Trinajstić information content (AvgIpc) is 2.83. The Hall–Kier alpha value is -3.23. The number of aromatic hydroxyl groups is 1. The van der Waals surface area contributed by atoms with E-state index in [4.69, 9.17) is 19.9 Å². The molecule has 0 saturated carbocycles. The third-order valence-electron chi connectivity index (χ3n) is 3.44. The van der Waals surface area contributed by atoms with Crippen molar-refractivity contribution in [2.75, 3.05) is 12.3 Å². The second-order valence-corrected chi connectivity index (χ2v) is 4.98. The molecule has 0 spiro atoms. The highest BCUT2D eigenvalue weighted by molar-refractivity contribution is 6.14. The van der Waals surface area contributed by atoms with E-state index in [0.717, 1.165) is 6.07 Å². The van der Waals surface area contributed by atoms with Crippen molar-refractivity contribution in [2.24, 2.45) is 0 Å². The molecule has 0 unspecified atom stereocenters. The van der Waals surface area contributed by atoms with Gasteiger partial charge in [0.2, 0.25) is 5.78 Å². The van der Waals surface area contributed by atoms with Crippen molar-refractivity contribution < 1.29 is 34.9 Å². The summed E-state index contributed by atoms with van der Waals surface area (Å²) in [6, 6.07) is 6.61. The van der Waals surface area contributed by atoms with Gasteiger partial charge in [0, 0.05) is 6.07 Å². The molecule has 24 heavy (non-hydrogen) atoms. The molecule has 3 rings (SSSR count). The number of carbonyl (C=O) groups is 1. The predicted molar refractivity (Wildman–Crippen MR) is 79.5 cm³/mol. The van der Waals surface area contributed by atoms with Gasteiger partial charge < -0.3 is 19.7 Å². The van der Waals surface area contributed by atoms with Crippen LogP contribution < -0.4 is 19.8 Å². The van der Waals surface area contributed by atoms with Gasteiger partial charge in [-0.25, -0.2) is 0 Å². The Balaban J connectivity index is 2.04. The Morgan fingerprint density at radius 1 is 1.25 bits per heavy atom. The standard InChI is InChI=1S/C16H13NO7/c1-23-13-5-8(4-11(16(13)20)17(21)22)6-14-15(19)10-3-2-9(18)7-12(10)24-14/h2-7,18,20-22H,1H3/p-1. The smallest absolute Gasteiger partial charge is 0.231 e. The zero-order chi connectivity index (χ0) is 17.4. The minimum absolute atomic E-state index is 0.0373. The first-order valence-corrected chi connectivity index (χ1v) is 6.75. The second kappa shape index (κ2) is 5.76. The van der Waals surface area contributed by atoms with E-state index in [1.54, 1.807) is 0 Å². The number of fused-ring (bicyclic) bond motifs is 1. The van der Waals surface area contributed by atoms with E-state index in [1.807, 2.05) is 0 Å². The molecule has 124 valence electrons. The monoisotopic (exact) mass is 330 g/mol. The van der Waals surface area contributed by atoms with E-state index in [-0.39, 0.29) is 39.4 Å². The van der Waals surface area contributed by atoms with E-state index in [9.17, 15) is 15.0 Å². The lowest BCUT2D eigenvalue weighted by Gasteiger charge is -2.20. The fourth-order valence-electron chi connectivity index (χ4n) is 2.32. The number of ether oxygens (including phenoxy) is 2. The molecule has 2 aromatic carbocycles. The molecule has 0 aliphatic carbocycles. The van der Waals surface area contributed by atoms with E-state index in [1.165, 1.54) is 37.5 Å². The predicted octanol–water partition coefficient (Wildman–Crippen LogP) is 1.68. The number of nitrogens with zero attached hydrogens (tertiary/aromatic N) is 1. The van der Waals surface area contributed by atoms with Gasteiger partial charge in [0.15, 0.2) is 5.76 Å². The molecule has 1 aliphatic rings. The van der Waals surface area contributed by atoms with Crippen LogP contribution in [0.5, 0.6) is 23.0 Å². The van der Waals surface area contributed by atoms with Gasteiger partial charge in [-0.2, -0.15) is 0 Å². The minimum Gasteiger partial charge on any atom is -0.868 e. The first-order valence-electron chi connectivity index (χ1n) is 6.75. The maximum absolute atomic E-state index is 12.3. The van der Waals surface area contributed by atoms with E-state index in [0.29, 0.717) is 0 Å². The summed E-state index contributed by atoms with van der Waals surface area (Å²) in [5.74, 6) is -1.13. The summed E-state index contributed by atoms with van der Waals surface area (Å²) >= 11 is 0. The highest BCUT2D eigenvalue weighted by atomic mass is 16.8. The van der Waals surface area contributed by atoms with Crippen LogP contribution in [0, 0.1) is 0 Å². The number of ketones is 1. The first kappa shape index (κ1) is 15.7. The van der Waals surface area contributed by atoms with Crippen LogP contribution in [-0.4, -0.2) is 28.4 Å². The van der Waals surface area contributed by atoms with Gasteiger partial charge in [0.25, 0.3) is 0 Å². The molecule has 2 aromatic rings. The van der Waals surface area contributed by atoms with Crippen LogP contribution in [0.2, 0.25) is 0 Å². The fraction of sp³-hybridized carbons (Fsp3) is 0.0625. The molecule has 0 saturated heterocycles. The van der Waals surface area contributed by atoms with Crippen molar-refractivity contribution in [3.05, 3.63) is 47.2 Å². The Morgan fingerprint density at radius 2 is 2.00 bits per heavy atom. The zero-order valence-electron chi connectivity index (χ0n) is 12.4. The second-order valence-electron chi connectivity index (χ2n) is 4.98. The highest BCUT2D eigenvalue weighted by Gasteiger charge is 2.27. The van der Waals surface area contributed by atoms with Gasteiger partial charge in [0.1, 0.15) is 17.2 Å². The molecule has 1 aliphatic heterocycles. The average molecular weight is 330 g/mol. The summed E-state index contributed by atoms with van der Waals surface area (Å²) in [4.78, 5) is 12.3. The lowest BCUT2D eigenvalue weighted by atomic mass is 10.1. The van der Waals surface area contributed by atoms with Gasteiger partial charge >= 0.3 is 0 Å². The van der Waals surface area contributed by atoms with Crippen LogP contribution in [0.1, 0.15) is 15.9 Å². The van der Waals surface area contributed by atoms with Crippen LogP contribution >= 0.6 is 0 Å². The largest absolute Gasteiger partial charge is 0.868 e. The minimum atomic E-state index is -0.725. The van der Waals surface area contributed by atoms with Crippen molar-refractivity contribution >= 4 is 17.5 Å². The zero-order valence-corrected chi connectivity index (χ0v) is 12.4. The summed E-state index contributed by atoms with van der Waals surface area (Å²) < 4.78 is 10.3. The number of allylic oxidation sites excluding steroid dienone is 1. The number of Topliss-reactive ketones (excluding diaryl/α,β-unsaturated/α-hetero) is 1.